The van der Waals surface area contributed by atoms with Crippen LogP contribution in [0.2, 0.25) is 0 Å². The van der Waals surface area contributed by atoms with E-state index in [0.717, 1.165) is 24.2 Å². The number of benzene rings is 1. The van der Waals surface area contributed by atoms with Gasteiger partial charge in [0.1, 0.15) is 0 Å². The molecule has 0 heterocycles. The minimum Gasteiger partial charge on any atom is -0.370 e. The first-order chi connectivity index (χ1) is 11.1. The molecule has 4 N–H and O–H groups in total. The monoisotopic (exact) mass is 318 g/mol. The number of hydrogen-bond donors (Lipinski definition) is 3. The van der Waals surface area contributed by atoms with Gasteiger partial charge in [-0.2, -0.15) is 0 Å². The third-order valence-corrected chi connectivity index (χ3v) is 3.52. The van der Waals surface area contributed by atoms with E-state index in [4.69, 9.17) is 5.73 Å². The molecule has 0 aromatic heterocycles. The van der Waals surface area contributed by atoms with Crippen LogP contribution in [0.3, 0.4) is 0 Å². The van der Waals surface area contributed by atoms with Crippen LogP contribution < -0.4 is 16.4 Å². The van der Waals surface area contributed by atoms with Crippen molar-refractivity contribution < 1.29 is 4.79 Å². The smallest absolute Gasteiger partial charge is 0.221 e. The van der Waals surface area contributed by atoms with Gasteiger partial charge in [-0.05, 0) is 24.1 Å². The fraction of sp³-hybridized carbons (Fsp3) is 0.556. The number of unbranched alkanes of at least 4 members (excludes halogenated alkanes) is 5. The molecule has 1 aromatic carbocycles. The Morgan fingerprint density at radius 2 is 1.91 bits per heavy atom. The van der Waals surface area contributed by atoms with Crippen molar-refractivity contribution in [3.8, 4) is 0 Å². The van der Waals surface area contributed by atoms with Crippen LogP contribution in [-0.2, 0) is 11.3 Å². The maximum atomic E-state index is 11.1. The fourth-order valence-corrected chi connectivity index (χ4v) is 2.30. The molecule has 0 aliphatic carbocycles. The number of aliphatic imine (C=N–C) groups is 1. The van der Waals surface area contributed by atoms with Crippen molar-refractivity contribution in [3.63, 3.8) is 0 Å². The van der Waals surface area contributed by atoms with E-state index in [2.05, 4.69) is 22.5 Å². The number of nitrogens with one attached hydrogen (secondary N) is 2. The van der Waals surface area contributed by atoms with E-state index in [9.17, 15) is 4.79 Å². The topological polar surface area (TPSA) is 79.5 Å². The van der Waals surface area contributed by atoms with Crippen LogP contribution >= 0.6 is 0 Å². The highest BCUT2D eigenvalue weighted by atomic mass is 16.1. The zero-order valence-corrected chi connectivity index (χ0v) is 14.4. The summed E-state index contributed by atoms with van der Waals surface area (Å²) < 4.78 is 0. The second-order valence-corrected chi connectivity index (χ2v) is 5.78. The number of anilines is 1. The normalized spacial score (nSPS) is 11.3. The Labute approximate surface area is 139 Å². The highest BCUT2D eigenvalue weighted by Gasteiger charge is 1.98. The molecule has 0 aliphatic rings. The molecule has 0 fully saturated rings. The Kier molecular flexibility index (Phi) is 9.52. The molecule has 0 atom stereocenters. The number of hydrogen-bond acceptors (Lipinski definition) is 2. The average molecular weight is 318 g/mol. The molecule has 0 unspecified atom stereocenters. The van der Waals surface area contributed by atoms with Crippen molar-refractivity contribution in [3.05, 3.63) is 29.8 Å². The largest absolute Gasteiger partial charge is 0.370 e. The van der Waals surface area contributed by atoms with Gasteiger partial charge in [0.15, 0.2) is 5.96 Å². The second kappa shape index (κ2) is 11.5. The quantitative estimate of drug-likeness (QED) is 0.351. The third-order valence-electron chi connectivity index (χ3n) is 3.52. The van der Waals surface area contributed by atoms with Crippen molar-refractivity contribution in [1.82, 2.24) is 5.32 Å². The van der Waals surface area contributed by atoms with E-state index in [0.29, 0.717) is 12.5 Å². The number of carbonyl (C=O) groups excluding carboxylic acids is 1. The molecule has 5 nitrogen and oxygen atoms in total. The van der Waals surface area contributed by atoms with Crippen LogP contribution in [0.25, 0.3) is 0 Å². The molecule has 1 rings (SSSR count). The van der Waals surface area contributed by atoms with E-state index in [1.807, 2.05) is 24.3 Å². The van der Waals surface area contributed by atoms with Gasteiger partial charge in [-0.25, -0.2) is 4.99 Å². The fourth-order valence-electron chi connectivity index (χ4n) is 2.30. The first-order valence-electron chi connectivity index (χ1n) is 8.52. The molecule has 0 radical (unpaired) electrons. The summed E-state index contributed by atoms with van der Waals surface area (Å²) in [5.74, 6) is 0.397. The predicted molar refractivity (Wildman–Crippen MR) is 97.5 cm³/mol. The number of nitrogens with zero attached hydrogens (tertiary/aromatic N) is 1. The average Bonchev–Trinajstić information content (AvgIpc) is 2.52. The maximum absolute atomic E-state index is 11.1. The zero-order chi connectivity index (χ0) is 16.9. The molecule has 0 aliphatic heterocycles. The number of carbonyl (C=O) groups is 1. The van der Waals surface area contributed by atoms with Crippen molar-refractivity contribution in [1.29, 1.82) is 0 Å². The van der Waals surface area contributed by atoms with Gasteiger partial charge in [-0.1, -0.05) is 51.2 Å². The minimum atomic E-state index is -0.0780. The maximum Gasteiger partial charge on any atom is 0.221 e. The van der Waals surface area contributed by atoms with E-state index in [1.165, 1.54) is 39.0 Å². The van der Waals surface area contributed by atoms with Gasteiger partial charge in [-0.15, -0.1) is 0 Å². The van der Waals surface area contributed by atoms with Gasteiger partial charge < -0.3 is 16.4 Å². The van der Waals surface area contributed by atoms with Crippen LogP contribution in [0.1, 0.15) is 57.9 Å². The predicted octanol–water partition coefficient (Wildman–Crippen LogP) is 3.41. The Balaban J connectivity index is 2.26. The van der Waals surface area contributed by atoms with Gasteiger partial charge >= 0.3 is 0 Å². The van der Waals surface area contributed by atoms with E-state index < -0.39 is 0 Å². The van der Waals surface area contributed by atoms with Gasteiger partial charge in [0.05, 0.1) is 6.54 Å². The van der Waals surface area contributed by atoms with Crippen LogP contribution in [-0.4, -0.2) is 18.4 Å². The number of amides is 1. The molecule has 0 saturated heterocycles. The standard InChI is InChI=1S/C18H30N4O/c1-3-4-5-6-7-8-12-20-18(19)21-14-16-10-9-11-17(13-16)22-15(2)23/h9-11,13H,3-8,12,14H2,1-2H3,(H,22,23)(H3,19,20,21). The summed E-state index contributed by atoms with van der Waals surface area (Å²) in [6.07, 6.45) is 7.58. The summed E-state index contributed by atoms with van der Waals surface area (Å²) in [6.45, 7) is 5.09. The summed E-state index contributed by atoms with van der Waals surface area (Å²) in [5.41, 5.74) is 7.67. The summed E-state index contributed by atoms with van der Waals surface area (Å²) in [7, 11) is 0. The van der Waals surface area contributed by atoms with Gasteiger partial charge in [0, 0.05) is 19.2 Å². The Morgan fingerprint density at radius 1 is 1.17 bits per heavy atom. The molecule has 5 heteroatoms. The van der Waals surface area contributed by atoms with E-state index in [-0.39, 0.29) is 5.91 Å². The number of rotatable bonds is 10. The van der Waals surface area contributed by atoms with Crippen molar-refractivity contribution in [2.75, 3.05) is 11.9 Å². The van der Waals surface area contributed by atoms with Crippen LogP contribution in [0, 0.1) is 0 Å². The molecular formula is C18H30N4O. The van der Waals surface area contributed by atoms with E-state index >= 15 is 0 Å². The first-order valence-corrected chi connectivity index (χ1v) is 8.52. The Bertz CT molecular complexity index is 500. The summed E-state index contributed by atoms with van der Waals surface area (Å²) in [6, 6.07) is 7.63. The number of nitrogens with two attached hydrogens (primary N) is 1. The van der Waals surface area contributed by atoms with Gasteiger partial charge in [0.25, 0.3) is 0 Å². The molecule has 128 valence electrons. The van der Waals surface area contributed by atoms with Crippen molar-refractivity contribution in [2.24, 2.45) is 10.7 Å². The molecular weight excluding hydrogens is 288 g/mol. The second-order valence-electron chi connectivity index (χ2n) is 5.78. The van der Waals surface area contributed by atoms with Gasteiger partial charge in [0.2, 0.25) is 5.91 Å². The van der Waals surface area contributed by atoms with Crippen molar-refractivity contribution >= 4 is 17.6 Å². The molecule has 0 spiro atoms. The van der Waals surface area contributed by atoms with Crippen molar-refractivity contribution in [2.45, 2.75) is 58.9 Å². The summed E-state index contributed by atoms with van der Waals surface area (Å²) in [5, 5.41) is 5.91. The first kappa shape index (κ1) is 19.0. The van der Waals surface area contributed by atoms with E-state index in [1.54, 1.807) is 0 Å². The molecule has 1 aromatic rings. The lowest BCUT2D eigenvalue weighted by Gasteiger charge is -2.07. The molecule has 23 heavy (non-hydrogen) atoms. The van der Waals surface area contributed by atoms with Crippen LogP contribution in [0.4, 0.5) is 5.69 Å². The SMILES string of the molecule is CCCCCCCCNC(N)=NCc1cccc(NC(C)=O)c1. The summed E-state index contributed by atoms with van der Waals surface area (Å²) in [4.78, 5) is 15.4. The highest BCUT2D eigenvalue weighted by molar-refractivity contribution is 5.88. The number of guanidine groups is 1. The molecule has 0 bridgehead atoms. The minimum absolute atomic E-state index is 0.0780. The lowest BCUT2D eigenvalue weighted by atomic mass is 10.1. The van der Waals surface area contributed by atoms with Crippen LogP contribution in [0.5, 0.6) is 0 Å². The lowest BCUT2D eigenvalue weighted by molar-refractivity contribution is -0.114. The summed E-state index contributed by atoms with van der Waals surface area (Å²) >= 11 is 0. The third kappa shape index (κ3) is 9.55. The van der Waals surface area contributed by atoms with Gasteiger partial charge in [-0.3, -0.25) is 4.79 Å². The molecule has 0 saturated carbocycles. The Hall–Kier alpha value is -2.04. The highest BCUT2D eigenvalue weighted by Crippen LogP contribution is 2.11. The van der Waals surface area contributed by atoms with Crippen LogP contribution in [0.15, 0.2) is 29.3 Å². The zero-order valence-electron chi connectivity index (χ0n) is 14.4. The Morgan fingerprint density at radius 3 is 2.65 bits per heavy atom. The molecule has 1 amide bonds. The lowest BCUT2D eigenvalue weighted by Crippen LogP contribution is -2.32.